The maximum absolute atomic E-state index is 12.1. The molecule has 15 heavy (non-hydrogen) atoms. The summed E-state index contributed by atoms with van der Waals surface area (Å²) in [4.78, 5) is 14.7. The van der Waals surface area contributed by atoms with Crippen LogP contribution in [0.15, 0.2) is 15.9 Å². The molecule has 1 heterocycles. The monoisotopic (exact) mass is 289 g/mol. The Balaban J connectivity index is 2.81. The summed E-state index contributed by atoms with van der Waals surface area (Å²) in [6.45, 7) is 4.23. The van der Waals surface area contributed by atoms with Gasteiger partial charge in [-0.2, -0.15) is 0 Å². The van der Waals surface area contributed by atoms with Gasteiger partial charge in [0.15, 0.2) is 0 Å². The van der Waals surface area contributed by atoms with Gasteiger partial charge in [-0.25, -0.2) is 0 Å². The summed E-state index contributed by atoms with van der Waals surface area (Å²) in [6, 6.07) is 2.25. The van der Waals surface area contributed by atoms with E-state index in [1.165, 1.54) is 11.3 Å². The fourth-order valence-corrected chi connectivity index (χ4v) is 3.13. The van der Waals surface area contributed by atoms with E-state index in [1.54, 1.807) is 0 Å². The molecule has 0 aromatic carbocycles. The van der Waals surface area contributed by atoms with Crippen molar-refractivity contribution in [1.29, 1.82) is 0 Å². The zero-order valence-electron chi connectivity index (χ0n) is 9.29. The summed E-state index contributed by atoms with van der Waals surface area (Å²) in [7, 11) is 1.88. The molecule has 1 amide bonds. The van der Waals surface area contributed by atoms with Crippen LogP contribution in [0.4, 0.5) is 0 Å². The van der Waals surface area contributed by atoms with E-state index in [0.717, 1.165) is 22.2 Å². The third-order valence-corrected chi connectivity index (χ3v) is 4.45. The molecule has 1 aromatic heterocycles. The summed E-state index contributed by atoms with van der Waals surface area (Å²) in [6.07, 6.45) is 2.00. The van der Waals surface area contributed by atoms with Crippen molar-refractivity contribution >= 4 is 33.2 Å². The fourth-order valence-electron chi connectivity index (χ4n) is 1.61. The van der Waals surface area contributed by atoms with Crippen molar-refractivity contribution in [2.24, 2.45) is 0 Å². The van der Waals surface area contributed by atoms with Crippen LogP contribution in [-0.4, -0.2) is 23.9 Å². The van der Waals surface area contributed by atoms with Crippen LogP contribution in [0, 0.1) is 0 Å². The first-order valence-electron chi connectivity index (χ1n) is 5.11. The maximum Gasteiger partial charge on any atom is 0.265 e. The number of thiophene rings is 1. The van der Waals surface area contributed by atoms with Crippen molar-refractivity contribution in [3.05, 3.63) is 20.8 Å². The molecular weight excluding hydrogens is 274 g/mol. The number of rotatable bonds is 4. The maximum atomic E-state index is 12.1. The normalized spacial score (nSPS) is 10.7. The van der Waals surface area contributed by atoms with Crippen molar-refractivity contribution in [1.82, 2.24) is 4.90 Å². The topological polar surface area (TPSA) is 20.3 Å². The Hall–Kier alpha value is -0.350. The van der Waals surface area contributed by atoms with Crippen molar-refractivity contribution in [3.63, 3.8) is 0 Å². The lowest BCUT2D eigenvalue weighted by Gasteiger charge is -2.25. The van der Waals surface area contributed by atoms with Gasteiger partial charge in [-0.15, -0.1) is 11.3 Å². The summed E-state index contributed by atoms with van der Waals surface area (Å²) < 4.78 is 0.898. The fraction of sp³-hybridized carbons (Fsp3) is 0.545. The Morgan fingerprint density at radius 1 is 1.53 bits per heavy atom. The first-order valence-corrected chi connectivity index (χ1v) is 6.79. The van der Waals surface area contributed by atoms with Crippen molar-refractivity contribution in [2.75, 3.05) is 7.05 Å². The molecule has 0 bridgehead atoms. The van der Waals surface area contributed by atoms with Crippen LogP contribution >= 0.6 is 27.3 Å². The number of carbonyl (C=O) groups excluding carboxylic acids is 1. The molecule has 0 aliphatic rings. The predicted octanol–water partition coefficient (Wildman–Crippen LogP) is 3.77. The molecule has 0 radical (unpaired) electrons. The van der Waals surface area contributed by atoms with Crippen LogP contribution < -0.4 is 0 Å². The average molecular weight is 290 g/mol. The van der Waals surface area contributed by atoms with Gasteiger partial charge in [0.1, 0.15) is 4.88 Å². The standard InChI is InChI=1S/C11H16BrNOS/c1-4-8(5-2)13(3)11(14)10-9(12)6-7-15-10/h6-8H,4-5H2,1-3H3. The second kappa shape index (κ2) is 5.66. The van der Waals surface area contributed by atoms with Gasteiger partial charge in [-0.1, -0.05) is 13.8 Å². The van der Waals surface area contributed by atoms with Crippen molar-refractivity contribution < 1.29 is 4.79 Å². The van der Waals surface area contributed by atoms with Crippen LogP contribution in [0.5, 0.6) is 0 Å². The zero-order valence-corrected chi connectivity index (χ0v) is 11.7. The highest BCUT2D eigenvalue weighted by Crippen LogP contribution is 2.25. The van der Waals surface area contributed by atoms with E-state index in [2.05, 4.69) is 29.8 Å². The van der Waals surface area contributed by atoms with Gasteiger partial charge in [-0.05, 0) is 40.2 Å². The first kappa shape index (κ1) is 12.7. The SMILES string of the molecule is CCC(CC)N(C)C(=O)c1sccc1Br. The second-order valence-corrected chi connectivity index (χ2v) is 5.25. The highest BCUT2D eigenvalue weighted by Gasteiger charge is 2.20. The highest BCUT2D eigenvalue weighted by molar-refractivity contribution is 9.10. The highest BCUT2D eigenvalue weighted by atomic mass is 79.9. The Morgan fingerprint density at radius 3 is 2.53 bits per heavy atom. The molecule has 0 unspecified atom stereocenters. The minimum atomic E-state index is 0.116. The van der Waals surface area contributed by atoms with E-state index < -0.39 is 0 Å². The van der Waals surface area contributed by atoms with E-state index in [-0.39, 0.29) is 5.91 Å². The molecule has 84 valence electrons. The van der Waals surface area contributed by atoms with E-state index in [4.69, 9.17) is 0 Å². The smallest absolute Gasteiger partial charge is 0.265 e. The molecule has 1 aromatic rings. The molecule has 0 aliphatic heterocycles. The van der Waals surface area contributed by atoms with E-state index in [0.29, 0.717) is 6.04 Å². The number of carbonyl (C=O) groups is 1. The van der Waals surface area contributed by atoms with Gasteiger partial charge in [0.2, 0.25) is 0 Å². The molecule has 0 saturated carbocycles. The van der Waals surface area contributed by atoms with Gasteiger partial charge in [0.25, 0.3) is 5.91 Å². The lowest BCUT2D eigenvalue weighted by Crippen LogP contribution is -2.35. The molecule has 0 fully saturated rings. The third-order valence-electron chi connectivity index (χ3n) is 2.62. The molecule has 0 N–H and O–H groups in total. The van der Waals surface area contributed by atoms with Gasteiger partial charge >= 0.3 is 0 Å². The number of hydrogen-bond donors (Lipinski definition) is 0. The third kappa shape index (κ3) is 2.82. The molecule has 0 atom stereocenters. The van der Waals surface area contributed by atoms with E-state index >= 15 is 0 Å². The minimum absolute atomic E-state index is 0.116. The Morgan fingerprint density at radius 2 is 2.13 bits per heavy atom. The van der Waals surface area contributed by atoms with Crippen LogP contribution in [0.25, 0.3) is 0 Å². The molecule has 1 rings (SSSR count). The number of hydrogen-bond acceptors (Lipinski definition) is 2. The number of amides is 1. The summed E-state index contributed by atoms with van der Waals surface area (Å²) in [5, 5.41) is 1.93. The van der Waals surface area contributed by atoms with Crippen LogP contribution in [0.3, 0.4) is 0 Å². The van der Waals surface area contributed by atoms with Crippen molar-refractivity contribution in [2.45, 2.75) is 32.7 Å². The quantitative estimate of drug-likeness (QED) is 0.826. The van der Waals surface area contributed by atoms with Crippen LogP contribution in [-0.2, 0) is 0 Å². The molecule has 0 aliphatic carbocycles. The van der Waals surface area contributed by atoms with Gasteiger partial charge in [-0.3, -0.25) is 4.79 Å². The van der Waals surface area contributed by atoms with Crippen LogP contribution in [0.2, 0.25) is 0 Å². The molecule has 0 spiro atoms. The van der Waals surface area contributed by atoms with Crippen LogP contribution in [0.1, 0.15) is 36.4 Å². The van der Waals surface area contributed by atoms with Gasteiger partial charge < -0.3 is 4.90 Å². The van der Waals surface area contributed by atoms with E-state index in [9.17, 15) is 4.79 Å². The number of nitrogens with zero attached hydrogens (tertiary/aromatic N) is 1. The molecule has 4 heteroatoms. The van der Waals surface area contributed by atoms with Gasteiger partial charge in [0.05, 0.1) is 0 Å². The lowest BCUT2D eigenvalue weighted by molar-refractivity contribution is 0.0728. The van der Waals surface area contributed by atoms with Crippen molar-refractivity contribution in [3.8, 4) is 0 Å². The average Bonchev–Trinajstić information content (AvgIpc) is 2.65. The second-order valence-electron chi connectivity index (χ2n) is 3.48. The molecule has 2 nitrogen and oxygen atoms in total. The summed E-state index contributed by atoms with van der Waals surface area (Å²) >= 11 is 4.88. The Labute approximate surface area is 103 Å². The lowest BCUT2D eigenvalue weighted by atomic mass is 10.1. The first-order chi connectivity index (χ1) is 7.11. The zero-order chi connectivity index (χ0) is 11.4. The molecule has 0 saturated heterocycles. The molecular formula is C11H16BrNOS. The minimum Gasteiger partial charge on any atom is -0.338 e. The van der Waals surface area contributed by atoms with Gasteiger partial charge in [0, 0.05) is 17.6 Å². The summed E-state index contributed by atoms with van der Waals surface area (Å²) in [5.74, 6) is 0.116. The van der Waals surface area contributed by atoms with E-state index in [1.807, 2.05) is 23.4 Å². The number of halogens is 1. The largest absolute Gasteiger partial charge is 0.338 e. The Kier molecular flexibility index (Phi) is 4.80. The Bertz CT molecular complexity index is 333. The summed E-state index contributed by atoms with van der Waals surface area (Å²) in [5.41, 5.74) is 0. The predicted molar refractivity (Wildman–Crippen MR) is 68.5 cm³/mol.